The number of nitrogens with two attached hydrogens (primary N) is 1. The molecule has 0 heterocycles. The molecule has 1 aromatic carbocycles. The molecule has 3 nitrogen and oxygen atoms in total. The van der Waals surface area contributed by atoms with Crippen LogP contribution in [0.4, 0.5) is 5.69 Å². The minimum Gasteiger partial charge on any atom is -0.397 e. The number of aliphatic hydroxyl groups is 1. The van der Waals surface area contributed by atoms with Crippen LogP contribution in [0.2, 0.25) is 0 Å². The highest BCUT2D eigenvalue weighted by atomic mass is 79.9. The number of anilines is 1. The Balaban J connectivity index is 3.28. The maximum Gasteiger partial charge on any atom is 0.152 e. The van der Waals surface area contributed by atoms with Crippen molar-refractivity contribution in [1.29, 1.82) is 0 Å². The number of aliphatic hydroxyl groups excluding tert-OH is 1. The lowest BCUT2D eigenvalue weighted by Gasteiger charge is -2.04. The van der Waals surface area contributed by atoms with Crippen LogP contribution < -0.4 is 5.73 Å². The summed E-state index contributed by atoms with van der Waals surface area (Å²) in [5.41, 5.74) is 7.02. The van der Waals surface area contributed by atoms with Crippen molar-refractivity contribution >= 4 is 27.9 Å². The average molecular weight is 230 g/mol. The molecule has 0 amide bonds. The van der Waals surface area contributed by atoms with E-state index >= 15 is 0 Å². The minimum atomic E-state index is -0.0975. The molecule has 0 spiro atoms. The van der Waals surface area contributed by atoms with Gasteiger partial charge in [-0.3, -0.25) is 4.79 Å². The number of rotatable bonds is 2. The summed E-state index contributed by atoms with van der Waals surface area (Å²) in [7, 11) is 0. The molecule has 64 valence electrons. The van der Waals surface area contributed by atoms with Crippen LogP contribution in [0.15, 0.2) is 16.6 Å². The molecule has 1 aromatic rings. The molecule has 0 bridgehead atoms. The number of hydrogen-bond acceptors (Lipinski definition) is 3. The maximum atomic E-state index is 10.5. The van der Waals surface area contributed by atoms with E-state index in [0.717, 1.165) is 0 Å². The molecule has 4 heteroatoms. The first-order valence-electron chi connectivity index (χ1n) is 3.33. The van der Waals surface area contributed by atoms with Gasteiger partial charge < -0.3 is 10.8 Å². The molecule has 12 heavy (non-hydrogen) atoms. The molecule has 1 rings (SSSR count). The van der Waals surface area contributed by atoms with Crippen molar-refractivity contribution in [2.24, 2.45) is 0 Å². The second kappa shape index (κ2) is 3.69. The first-order chi connectivity index (χ1) is 5.69. The molecule has 0 aliphatic rings. The lowest BCUT2D eigenvalue weighted by Crippen LogP contribution is -1.96. The second-order valence-corrected chi connectivity index (χ2v) is 3.21. The first-order valence-corrected chi connectivity index (χ1v) is 4.12. The summed E-state index contributed by atoms with van der Waals surface area (Å²) in [6, 6.07) is 3.25. The molecule has 3 N–H and O–H groups in total. The van der Waals surface area contributed by atoms with Gasteiger partial charge in [0.15, 0.2) is 6.29 Å². The molecule has 0 fully saturated rings. The molecule has 0 atom stereocenters. The van der Waals surface area contributed by atoms with Crippen LogP contribution in [0, 0.1) is 0 Å². The largest absolute Gasteiger partial charge is 0.397 e. The number of nitrogen functional groups attached to an aromatic ring is 1. The van der Waals surface area contributed by atoms with Crippen molar-refractivity contribution in [3.8, 4) is 0 Å². The number of halogens is 1. The number of aldehydes is 1. The fourth-order valence-electron chi connectivity index (χ4n) is 0.886. The predicted molar refractivity (Wildman–Crippen MR) is 49.9 cm³/mol. The van der Waals surface area contributed by atoms with Crippen LogP contribution in [-0.2, 0) is 6.61 Å². The van der Waals surface area contributed by atoms with Gasteiger partial charge in [0, 0.05) is 10.0 Å². The monoisotopic (exact) mass is 229 g/mol. The van der Waals surface area contributed by atoms with Gasteiger partial charge in [-0.25, -0.2) is 0 Å². The summed E-state index contributed by atoms with van der Waals surface area (Å²) in [6.07, 6.45) is 0.666. The van der Waals surface area contributed by atoms with Gasteiger partial charge in [0.2, 0.25) is 0 Å². The number of carbonyl (C=O) groups is 1. The smallest absolute Gasteiger partial charge is 0.152 e. The van der Waals surface area contributed by atoms with Crippen molar-refractivity contribution in [3.05, 3.63) is 27.7 Å². The van der Waals surface area contributed by atoms with Crippen molar-refractivity contribution < 1.29 is 9.90 Å². The zero-order chi connectivity index (χ0) is 9.14. The van der Waals surface area contributed by atoms with E-state index in [4.69, 9.17) is 10.8 Å². The molecule has 0 aromatic heterocycles. The number of carbonyl (C=O) groups excluding carboxylic acids is 1. The van der Waals surface area contributed by atoms with E-state index in [2.05, 4.69) is 15.9 Å². The zero-order valence-electron chi connectivity index (χ0n) is 6.25. The van der Waals surface area contributed by atoms with Gasteiger partial charge in [-0.1, -0.05) is 0 Å². The predicted octanol–water partition coefficient (Wildman–Crippen LogP) is 1.34. The molecule has 0 saturated carbocycles. The van der Waals surface area contributed by atoms with Crippen LogP contribution in [0.3, 0.4) is 0 Å². The van der Waals surface area contributed by atoms with Gasteiger partial charge >= 0.3 is 0 Å². The molecule has 0 unspecified atom stereocenters. The van der Waals surface area contributed by atoms with Crippen molar-refractivity contribution in [3.63, 3.8) is 0 Å². The van der Waals surface area contributed by atoms with Crippen LogP contribution in [0.5, 0.6) is 0 Å². The van der Waals surface area contributed by atoms with E-state index in [-0.39, 0.29) is 6.61 Å². The molecule has 0 aliphatic carbocycles. The van der Waals surface area contributed by atoms with E-state index in [1.54, 1.807) is 12.1 Å². The van der Waals surface area contributed by atoms with Gasteiger partial charge in [-0.15, -0.1) is 0 Å². The standard InChI is InChI=1S/C8H8BrNO2/c9-7-2-5(3-11)1-6(4-12)8(7)10/h1-2,4,11H,3,10H2. The molecular weight excluding hydrogens is 222 g/mol. The Kier molecular flexibility index (Phi) is 2.83. The highest BCUT2D eigenvalue weighted by Gasteiger charge is 2.04. The Morgan fingerprint density at radius 1 is 1.58 bits per heavy atom. The van der Waals surface area contributed by atoms with Gasteiger partial charge in [-0.2, -0.15) is 0 Å². The average Bonchev–Trinajstić information content (AvgIpc) is 2.09. The molecule has 0 radical (unpaired) electrons. The number of hydrogen-bond donors (Lipinski definition) is 2. The summed E-state index contributed by atoms with van der Waals surface area (Å²) >= 11 is 3.18. The zero-order valence-corrected chi connectivity index (χ0v) is 7.84. The van der Waals surface area contributed by atoms with E-state index in [1.165, 1.54) is 0 Å². The third kappa shape index (κ3) is 1.65. The minimum absolute atomic E-state index is 0.0975. The normalized spacial score (nSPS) is 9.83. The van der Waals surface area contributed by atoms with E-state index in [1.807, 2.05) is 0 Å². The van der Waals surface area contributed by atoms with Gasteiger partial charge in [0.25, 0.3) is 0 Å². The molecular formula is C8H8BrNO2. The van der Waals surface area contributed by atoms with Crippen LogP contribution in [-0.4, -0.2) is 11.4 Å². The maximum absolute atomic E-state index is 10.5. The van der Waals surface area contributed by atoms with Crippen molar-refractivity contribution in [2.45, 2.75) is 6.61 Å². The van der Waals surface area contributed by atoms with E-state index in [9.17, 15) is 4.79 Å². The second-order valence-electron chi connectivity index (χ2n) is 2.36. The highest BCUT2D eigenvalue weighted by Crippen LogP contribution is 2.24. The van der Waals surface area contributed by atoms with Crippen molar-refractivity contribution in [2.75, 3.05) is 5.73 Å². The summed E-state index contributed by atoms with van der Waals surface area (Å²) in [5, 5.41) is 8.80. The van der Waals surface area contributed by atoms with Crippen LogP contribution in [0.25, 0.3) is 0 Å². The van der Waals surface area contributed by atoms with E-state index < -0.39 is 0 Å². The summed E-state index contributed by atoms with van der Waals surface area (Å²) in [5.74, 6) is 0. The first kappa shape index (κ1) is 9.22. The summed E-state index contributed by atoms with van der Waals surface area (Å²) < 4.78 is 0.635. The highest BCUT2D eigenvalue weighted by molar-refractivity contribution is 9.10. The third-order valence-electron chi connectivity index (χ3n) is 1.53. The SMILES string of the molecule is Nc1c(Br)cc(CO)cc1C=O. The molecule has 0 aliphatic heterocycles. The van der Waals surface area contributed by atoms with Crippen molar-refractivity contribution in [1.82, 2.24) is 0 Å². The lowest BCUT2D eigenvalue weighted by molar-refractivity contribution is 0.112. The lowest BCUT2D eigenvalue weighted by atomic mass is 10.1. The Morgan fingerprint density at radius 3 is 2.75 bits per heavy atom. The Hall–Kier alpha value is -0.870. The van der Waals surface area contributed by atoms with Gasteiger partial charge in [0.05, 0.1) is 12.3 Å². The topological polar surface area (TPSA) is 63.3 Å². The third-order valence-corrected chi connectivity index (χ3v) is 2.19. The molecule has 0 saturated heterocycles. The van der Waals surface area contributed by atoms with Crippen LogP contribution in [0.1, 0.15) is 15.9 Å². The Bertz CT molecular complexity index is 312. The summed E-state index contributed by atoms with van der Waals surface area (Å²) in [6.45, 7) is -0.0975. The van der Waals surface area contributed by atoms with Gasteiger partial charge in [-0.05, 0) is 33.6 Å². The van der Waals surface area contributed by atoms with Crippen LogP contribution >= 0.6 is 15.9 Å². The number of benzene rings is 1. The Morgan fingerprint density at radius 2 is 2.25 bits per heavy atom. The van der Waals surface area contributed by atoms with Gasteiger partial charge in [0.1, 0.15) is 0 Å². The fourth-order valence-corrected chi connectivity index (χ4v) is 1.41. The summed E-state index contributed by atoms with van der Waals surface area (Å²) in [4.78, 5) is 10.5. The fraction of sp³-hybridized carbons (Fsp3) is 0.125. The Labute approximate surface area is 78.3 Å². The quantitative estimate of drug-likeness (QED) is 0.595. The van der Waals surface area contributed by atoms with E-state index in [0.29, 0.717) is 27.6 Å².